The van der Waals surface area contributed by atoms with Crippen molar-refractivity contribution in [1.29, 1.82) is 0 Å². The second-order valence-corrected chi connectivity index (χ2v) is 4.59. The zero-order valence-corrected chi connectivity index (χ0v) is 9.18. The molecule has 0 aromatic rings. The summed E-state index contributed by atoms with van der Waals surface area (Å²) in [5.41, 5.74) is -1.03. The summed E-state index contributed by atoms with van der Waals surface area (Å²) < 4.78 is 5.52. The van der Waals surface area contributed by atoms with Crippen LogP contribution in [0.15, 0.2) is 0 Å². The smallest absolute Gasteiger partial charge is 0.311 e. The summed E-state index contributed by atoms with van der Waals surface area (Å²) in [6.07, 6.45) is 0.878. The average molecular weight is 188 g/mol. The highest BCUT2D eigenvalue weighted by Crippen LogP contribution is 2.21. The Kier molecular flexibility index (Phi) is 3.91. The molecule has 0 aromatic heterocycles. The molecule has 0 bridgehead atoms. The van der Waals surface area contributed by atoms with Gasteiger partial charge in [-0.1, -0.05) is 6.92 Å². The van der Waals surface area contributed by atoms with Gasteiger partial charge in [-0.15, -0.1) is 0 Å². The van der Waals surface area contributed by atoms with Crippen LogP contribution in [0.5, 0.6) is 0 Å². The van der Waals surface area contributed by atoms with Gasteiger partial charge in [0.05, 0.1) is 17.6 Å². The van der Waals surface area contributed by atoms with Crippen LogP contribution in [0.1, 0.15) is 41.0 Å². The van der Waals surface area contributed by atoms with E-state index in [4.69, 9.17) is 9.84 Å². The van der Waals surface area contributed by atoms with Gasteiger partial charge in [-0.05, 0) is 34.1 Å². The monoisotopic (exact) mass is 188 g/mol. The molecule has 0 saturated heterocycles. The number of carbonyl (C=O) groups is 1. The molecule has 0 radical (unpaired) electrons. The Hall–Kier alpha value is -0.570. The van der Waals surface area contributed by atoms with Gasteiger partial charge in [0.15, 0.2) is 0 Å². The second-order valence-electron chi connectivity index (χ2n) is 4.59. The minimum absolute atomic E-state index is 0.229. The van der Waals surface area contributed by atoms with Crippen molar-refractivity contribution in [2.45, 2.75) is 46.6 Å². The normalized spacial score (nSPS) is 13.0. The molecule has 1 N–H and O–H groups in total. The molecule has 13 heavy (non-hydrogen) atoms. The molecular weight excluding hydrogens is 168 g/mol. The molecule has 0 fully saturated rings. The Morgan fingerprint density at radius 1 is 1.31 bits per heavy atom. The second kappa shape index (κ2) is 4.09. The predicted molar refractivity (Wildman–Crippen MR) is 51.7 cm³/mol. The molecule has 0 aliphatic rings. The summed E-state index contributed by atoms with van der Waals surface area (Å²) in [6.45, 7) is 9.54. The zero-order valence-electron chi connectivity index (χ0n) is 9.18. The number of carboxylic acid groups (broad SMARTS) is 1. The Morgan fingerprint density at radius 2 is 1.77 bits per heavy atom. The summed E-state index contributed by atoms with van der Waals surface area (Å²) in [5, 5.41) is 8.83. The topological polar surface area (TPSA) is 46.5 Å². The molecule has 0 rings (SSSR count). The van der Waals surface area contributed by atoms with Crippen molar-refractivity contribution in [2.75, 3.05) is 6.61 Å². The van der Waals surface area contributed by atoms with Gasteiger partial charge in [0.25, 0.3) is 0 Å². The maximum atomic E-state index is 10.7. The third kappa shape index (κ3) is 4.27. The first-order chi connectivity index (χ1) is 5.71. The molecule has 0 aliphatic carbocycles. The SMILES string of the molecule is CCC(C)(C)OCC(C)(C)C(=O)O. The van der Waals surface area contributed by atoms with E-state index in [9.17, 15) is 4.79 Å². The third-order valence-corrected chi connectivity index (χ3v) is 2.25. The molecule has 0 aliphatic heterocycles. The fourth-order valence-corrected chi connectivity index (χ4v) is 0.540. The van der Waals surface area contributed by atoms with Gasteiger partial charge in [-0.2, -0.15) is 0 Å². The van der Waals surface area contributed by atoms with E-state index in [2.05, 4.69) is 0 Å². The van der Waals surface area contributed by atoms with E-state index >= 15 is 0 Å². The van der Waals surface area contributed by atoms with E-state index in [0.717, 1.165) is 6.42 Å². The summed E-state index contributed by atoms with van der Waals surface area (Å²) >= 11 is 0. The van der Waals surface area contributed by atoms with Crippen molar-refractivity contribution in [2.24, 2.45) is 5.41 Å². The molecule has 78 valence electrons. The molecule has 0 atom stereocenters. The van der Waals surface area contributed by atoms with Crippen molar-refractivity contribution in [3.63, 3.8) is 0 Å². The lowest BCUT2D eigenvalue weighted by Gasteiger charge is -2.28. The van der Waals surface area contributed by atoms with E-state index < -0.39 is 11.4 Å². The highest BCUT2D eigenvalue weighted by atomic mass is 16.5. The highest BCUT2D eigenvalue weighted by molar-refractivity contribution is 5.73. The van der Waals surface area contributed by atoms with Crippen LogP contribution in [0.4, 0.5) is 0 Å². The zero-order chi connectivity index (χ0) is 10.7. The minimum atomic E-state index is -0.820. The Morgan fingerprint density at radius 3 is 2.08 bits per heavy atom. The Bertz CT molecular complexity index is 183. The van der Waals surface area contributed by atoms with E-state index in [-0.39, 0.29) is 12.2 Å². The highest BCUT2D eigenvalue weighted by Gasteiger charge is 2.30. The van der Waals surface area contributed by atoms with Crippen molar-refractivity contribution < 1.29 is 14.6 Å². The number of carboxylic acids is 1. The molecule has 3 heteroatoms. The van der Waals surface area contributed by atoms with E-state index in [1.54, 1.807) is 13.8 Å². The fourth-order valence-electron chi connectivity index (χ4n) is 0.540. The van der Waals surface area contributed by atoms with Gasteiger partial charge in [0.2, 0.25) is 0 Å². The summed E-state index contributed by atoms with van der Waals surface area (Å²) in [6, 6.07) is 0. The van der Waals surface area contributed by atoms with Gasteiger partial charge < -0.3 is 9.84 Å². The number of hydrogen-bond acceptors (Lipinski definition) is 2. The quantitative estimate of drug-likeness (QED) is 0.720. The molecule has 0 unspecified atom stereocenters. The number of ether oxygens (including phenoxy) is 1. The maximum Gasteiger partial charge on any atom is 0.311 e. The lowest BCUT2D eigenvalue weighted by atomic mass is 9.94. The fraction of sp³-hybridized carbons (Fsp3) is 0.900. The number of hydrogen-bond donors (Lipinski definition) is 1. The molecule has 0 amide bonds. The molecule has 0 spiro atoms. The van der Waals surface area contributed by atoms with Gasteiger partial charge >= 0.3 is 5.97 Å². The van der Waals surface area contributed by atoms with Gasteiger partial charge in [0.1, 0.15) is 0 Å². The first kappa shape index (κ1) is 12.4. The minimum Gasteiger partial charge on any atom is -0.481 e. The van der Waals surface area contributed by atoms with Crippen LogP contribution < -0.4 is 0 Å². The molecule has 0 aromatic carbocycles. The van der Waals surface area contributed by atoms with Gasteiger partial charge in [-0.25, -0.2) is 0 Å². The summed E-state index contributed by atoms with van der Waals surface area (Å²) in [7, 11) is 0. The van der Waals surface area contributed by atoms with Crippen LogP contribution in [-0.2, 0) is 9.53 Å². The lowest BCUT2D eigenvalue weighted by molar-refractivity contribution is -0.154. The van der Waals surface area contributed by atoms with Crippen molar-refractivity contribution in [1.82, 2.24) is 0 Å². The average Bonchev–Trinajstić information content (AvgIpc) is 2.01. The largest absolute Gasteiger partial charge is 0.481 e. The first-order valence-corrected chi connectivity index (χ1v) is 4.58. The van der Waals surface area contributed by atoms with Crippen LogP contribution in [0.3, 0.4) is 0 Å². The van der Waals surface area contributed by atoms with E-state index in [1.807, 2.05) is 20.8 Å². The van der Waals surface area contributed by atoms with Crippen LogP contribution in [0.25, 0.3) is 0 Å². The van der Waals surface area contributed by atoms with Crippen LogP contribution in [0.2, 0.25) is 0 Å². The van der Waals surface area contributed by atoms with Crippen molar-refractivity contribution in [3.05, 3.63) is 0 Å². The lowest BCUT2D eigenvalue weighted by Crippen LogP contribution is -2.34. The molecule has 3 nitrogen and oxygen atoms in total. The predicted octanol–water partition coefficient (Wildman–Crippen LogP) is 2.30. The van der Waals surface area contributed by atoms with Gasteiger partial charge in [-0.3, -0.25) is 4.79 Å². The van der Waals surface area contributed by atoms with E-state index in [0.29, 0.717) is 0 Å². The van der Waals surface area contributed by atoms with Crippen LogP contribution in [0, 0.1) is 5.41 Å². The Balaban J connectivity index is 4.09. The molecule has 0 saturated carbocycles. The van der Waals surface area contributed by atoms with Crippen molar-refractivity contribution >= 4 is 5.97 Å². The molecular formula is C10H20O3. The summed E-state index contributed by atoms with van der Waals surface area (Å²) in [4.78, 5) is 10.7. The Labute approximate surface area is 80.1 Å². The van der Waals surface area contributed by atoms with Crippen LogP contribution in [-0.4, -0.2) is 23.3 Å². The maximum absolute atomic E-state index is 10.7. The van der Waals surface area contributed by atoms with E-state index in [1.165, 1.54) is 0 Å². The number of aliphatic carboxylic acids is 1. The summed E-state index contributed by atoms with van der Waals surface area (Å²) in [5.74, 6) is -0.820. The standard InChI is InChI=1S/C10H20O3/c1-6-10(4,5)13-7-9(2,3)8(11)12/h6-7H2,1-5H3,(H,11,12). The first-order valence-electron chi connectivity index (χ1n) is 4.58. The third-order valence-electron chi connectivity index (χ3n) is 2.25. The number of rotatable bonds is 5. The van der Waals surface area contributed by atoms with Crippen molar-refractivity contribution in [3.8, 4) is 0 Å². The van der Waals surface area contributed by atoms with Gasteiger partial charge in [0, 0.05) is 0 Å². The molecule has 0 heterocycles. The van der Waals surface area contributed by atoms with Crippen LogP contribution >= 0.6 is 0 Å².